The standard InChI is InChI=1S/C22H26N2O8/c1-21(31)9-7-10-15(24(2)3)17(27)13(20(23)30)19(29)22(10,32)18(28)12(9)16(26)8-5-4-6-11(25)14(8)21/h4-6,9-10,13,15,17,25-27,31-32H,7H2,1-3H3,(H2,23,30). The first-order valence-corrected chi connectivity index (χ1v) is 10.2. The quantitative estimate of drug-likeness (QED) is 0.304. The van der Waals surface area contributed by atoms with Gasteiger partial charge in [0.15, 0.2) is 11.4 Å². The van der Waals surface area contributed by atoms with Gasteiger partial charge in [0.1, 0.15) is 17.4 Å². The molecule has 1 amide bonds. The molecule has 2 saturated carbocycles. The molecule has 7 N–H and O–H groups in total. The van der Waals surface area contributed by atoms with Crippen LogP contribution in [0.1, 0.15) is 24.5 Å². The van der Waals surface area contributed by atoms with E-state index in [-0.39, 0.29) is 28.9 Å². The van der Waals surface area contributed by atoms with Crippen LogP contribution >= 0.6 is 0 Å². The average molecular weight is 446 g/mol. The maximum atomic E-state index is 13.6. The molecule has 0 bridgehead atoms. The van der Waals surface area contributed by atoms with Gasteiger partial charge in [-0.2, -0.15) is 0 Å². The Morgan fingerprint density at radius 2 is 1.81 bits per heavy atom. The maximum Gasteiger partial charge on any atom is 0.230 e. The van der Waals surface area contributed by atoms with E-state index in [4.69, 9.17) is 5.73 Å². The highest BCUT2D eigenvalue weighted by molar-refractivity contribution is 6.25. The fourth-order valence-corrected chi connectivity index (χ4v) is 5.92. The number of nitrogens with zero attached hydrogens (tertiary/aromatic N) is 1. The minimum Gasteiger partial charge on any atom is -0.508 e. The van der Waals surface area contributed by atoms with E-state index in [1.807, 2.05) is 0 Å². The summed E-state index contributed by atoms with van der Waals surface area (Å²) in [4.78, 5) is 40.3. The van der Waals surface area contributed by atoms with Gasteiger partial charge in [-0.15, -0.1) is 0 Å². The Kier molecular flexibility index (Phi) is 4.80. The minimum absolute atomic E-state index is 0.00412. The number of nitrogens with two attached hydrogens (primary N) is 1. The van der Waals surface area contributed by atoms with Crippen molar-refractivity contribution < 1.29 is 39.9 Å². The molecule has 3 aliphatic carbocycles. The number of fused-ring (bicyclic) bond motifs is 3. The number of ketones is 2. The van der Waals surface area contributed by atoms with E-state index in [9.17, 15) is 39.9 Å². The monoisotopic (exact) mass is 446 g/mol. The predicted octanol–water partition coefficient (Wildman–Crippen LogP) is -1.21. The summed E-state index contributed by atoms with van der Waals surface area (Å²) in [5, 5.41) is 55.1. The first-order valence-electron chi connectivity index (χ1n) is 10.2. The van der Waals surface area contributed by atoms with Crippen molar-refractivity contribution in [3.63, 3.8) is 0 Å². The smallest absolute Gasteiger partial charge is 0.230 e. The number of carbonyl (C=O) groups is 3. The molecule has 7 atom stereocenters. The average Bonchev–Trinajstić information content (AvgIpc) is 2.68. The van der Waals surface area contributed by atoms with Crippen molar-refractivity contribution in [2.45, 2.75) is 36.7 Å². The number of phenolic OH excluding ortho intramolecular Hbond substituents is 1. The summed E-state index contributed by atoms with van der Waals surface area (Å²) in [7, 11) is 3.10. The van der Waals surface area contributed by atoms with Gasteiger partial charge in [0.25, 0.3) is 0 Å². The Labute approximate surface area is 183 Å². The Bertz CT molecular complexity index is 1080. The number of aliphatic hydroxyl groups excluding tert-OH is 2. The van der Waals surface area contributed by atoms with E-state index >= 15 is 0 Å². The Morgan fingerprint density at radius 1 is 1.19 bits per heavy atom. The van der Waals surface area contributed by atoms with Crippen LogP contribution < -0.4 is 5.73 Å². The number of likely N-dealkylation sites (N-methyl/N-ethyl adjacent to an activating group) is 1. The van der Waals surface area contributed by atoms with Crippen molar-refractivity contribution in [3.8, 4) is 5.75 Å². The summed E-state index contributed by atoms with van der Waals surface area (Å²) in [5.74, 6) is -8.57. The van der Waals surface area contributed by atoms with Gasteiger partial charge >= 0.3 is 0 Å². The van der Waals surface area contributed by atoms with Crippen molar-refractivity contribution >= 4 is 23.2 Å². The number of amides is 1. The molecule has 0 radical (unpaired) electrons. The summed E-state index contributed by atoms with van der Waals surface area (Å²) < 4.78 is 0. The normalized spacial score (nSPS) is 38.9. The number of aromatic hydroxyl groups is 1. The molecule has 0 heterocycles. The van der Waals surface area contributed by atoms with Crippen LogP contribution in [-0.4, -0.2) is 79.7 Å². The molecular formula is C22H26N2O8. The summed E-state index contributed by atoms with van der Waals surface area (Å²) >= 11 is 0. The van der Waals surface area contributed by atoms with E-state index in [2.05, 4.69) is 0 Å². The second-order valence-electron chi connectivity index (χ2n) is 9.29. The summed E-state index contributed by atoms with van der Waals surface area (Å²) in [6, 6.07) is 3.11. The number of benzene rings is 1. The molecule has 0 aliphatic heterocycles. The van der Waals surface area contributed by atoms with Gasteiger partial charge in [-0.25, -0.2) is 0 Å². The van der Waals surface area contributed by atoms with Crippen LogP contribution in [0.15, 0.2) is 23.8 Å². The second kappa shape index (κ2) is 6.85. The molecular weight excluding hydrogens is 420 g/mol. The summed E-state index contributed by atoms with van der Waals surface area (Å²) in [6.07, 6.45) is -1.79. The molecule has 7 unspecified atom stereocenters. The number of rotatable bonds is 2. The molecule has 3 aliphatic rings. The van der Waals surface area contributed by atoms with Gasteiger partial charge in [-0.3, -0.25) is 14.4 Å². The third-order valence-electron chi connectivity index (χ3n) is 7.37. The Morgan fingerprint density at radius 3 is 2.38 bits per heavy atom. The predicted molar refractivity (Wildman–Crippen MR) is 110 cm³/mol. The molecule has 32 heavy (non-hydrogen) atoms. The fraction of sp³-hybridized carbons (Fsp3) is 0.500. The molecule has 10 heteroatoms. The van der Waals surface area contributed by atoms with Crippen molar-refractivity contribution in [2.24, 2.45) is 23.5 Å². The highest BCUT2D eigenvalue weighted by atomic mass is 16.3. The number of primary amides is 1. The number of aliphatic hydroxyl groups is 4. The maximum absolute atomic E-state index is 13.6. The third kappa shape index (κ3) is 2.57. The largest absolute Gasteiger partial charge is 0.508 e. The zero-order valence-electron chi connectivity index (χ0n) is 17.8. The number of carbonyl (C=O) groups excluding carboxylic acids is 3. The van der Waals surface area contributed by atoms with Crippen LogP contribution in [0.25, 0.3) is 5.76 Å². The SMILES string of the molecule is CN(C)C1C(O)C(C(N)=O)C(=O)C2(O)C(=O)C3=C(O)c4cccc(O)c4C(C)(O)C3CC12. The summed E-state index contributed by atoms with van der Waals surface area (Å²) in [6.45, 7) is 1.37. The third-order valence-corrected chi connectivity index (χ3v) is 7.37. The van der Waals surface area contributed by atoms with E-state index in [1.165, 1.54) is 30.0 Å². The molecule has 10 nitrogen and oxygen atoms in total. The zero-order chi connectivity index (χ0) is 23.9. The van der Waals surface area contributed by atoms with Crippen LogP contribution in [0, 0.1) is 17.8 Å². The van der Waals surface area contributed by atoms with Gasteiger partial charge in [0, 0.05) is 34.6 Å². The van der Waals surface area contributed by atoms with Gasteiger partial charge in [0.05, 0.1) is 11.7 Å². The topological polar surface area (TPSA) is 182 Å². The zero-order valence-corrected chi connectivity index (χ0v) is 17.8. The summed E-state index contributed by atoms with van der Waals surface area (Å²) in [5.41, 5.74) is 0.398. The number of Topliss-reactive ketones (excluding diaryl/α,β-unsaturated/α-hetero) is 2. The van der Waals surface area contributed by atoms with Crippen LogP contribution in [0.3, 0.4) is 0 Å². The van der Waals surface area contributed by atoms with Gasteiger partial charge in [-0.05, 0) is 33.5 Å². The van der Waals surface area contributed by atoms with E-state index in [0.29, 0.717) is 0 Å². The minimum atomic E-state index is -2.74. The molecule has 1 aromatic rings. The molecule has 172 valence electrons. The van der Waals surface area contributed by atoms with Crippen molar-refractivity contribution in [3.05, 3.63) is 34.9 Å². The van der Waals surface area contributed by atoms with Crippen molar-refractivity contribution in [2.75, 3.05) is 14.1 Å². The van der Waals surface area contributed by atoms with Crippen LogP contribution in [-0.2, 0) is 20.0 Å². The van der Waals surface area contributed by atoms with Gasteiger partial charge in [-0.1, -0.05) is 12.1 Å². The lowest BCUT2D eigenvalue weighted by Crippen LogP contribution is -2.74. The molecule has 0 saturated heterocycles. The number of phenols is 1. The molecule has 0 spiro atoms. The second-order valence-corrected chi connectivity index (χ2v) is 9.29. The number of hydrogen-bond acceptors (Lipinski definition) is 9. The first kappa shape index (κ1) is 22.4. The highest BCUT2D eigenvalue weighted by Gasteiger charge is 2.69. The molecule has 4 rings (SSSR count). The first-order chi connectivity index (χ1) is 14.8. The van der Waals surface area contributed by atoms with E-state index < -0.39 is 64.3 Å². The van der Waals surface area contributed by atoms with E-state index in [1.54, 1.807) is 14.1 Å². The lowest BCUT2D eigenvalue weighted by molar-refractivity contribution is -0.188. The highest BCUT2D eigenvalue weighted by Crippen LogP contribution is 2.57. The van der Waals surface area contributed by atoms with Crippen molar-refractivity contribution in [1.29, 1.82) is 0 Å². The Balaban J connectivity index is 1.99. The van der Waals surface area contributed by atoms with Crippen molar-refractivity contribution in [1.82, 2.24) is 4.90 Å². The molecule has 1 aromatic carbocycles. The molecule has 0 aromatic heterocycles. The fourth-order valence-electron chi connectivity index (χ4n) is 5.92. The van der Waals surface area contributed by atoms with Crippen LogP contribution in [0.5, 0.6) is 5.75 Å². The van der Waals surface area contributed by atoms with Crippen LogP contribution in [0.2, 0.25) is 0 Å². The number of hydrogen-bond donors (Lipinski definition) is 6. The van der Waals surface area contributed by atoms with Gasteiger partial charge in [0.2, 0.25) is 11.7 Å². The lowest BCUT2D eigenvalue weighted by Gasteiger charge is -2.55. The molecule has 2 fully saturated rings. The lowest BCUT2D eigenvalue weighted by atomic mass is 9.52. The Hall–Kier alpha value is -2.79. The van der Waals surface area contributed by atoms with E-state index in [0.717, 1.165) is 0 Å². The van der Waals surface area contributed by atoms with Crippen LogP contribution in [0.4, 0.5) is 0 Å². The van der Waals surface area contributed by atoms with Gasteiger partial charge < -0.3 is 36.2 Å².